The molecule has 0 bridgehead atoms. The van der Waals surface area contributed by atoms with E-state index in [0.717, 1.165) is 34.7 Å². The molecule has 3 heterocycles. The first-order valence-electron chi connectivity index (χ1n) is 6.18. The maximum absolute atomic E-state index is 5.86. The van der Waals surface area contributed by atoms with Gasteiger partial charge >= 0.3 is 0 Å². The minimum atomic E-state index is 0.549. The van der Waals surface area contributed by atoms with E-state index in [9.17, 15) is 0 Å². The fourth-order valence-electron chi connectivity index (χ4n) is 2.15. The molecule has 3 aromatic heterocycles. The summed E-state index contributed by atoms with van der Waals surface area (Å²) in [6, 6.07) is 5.93. The molecular weight excluding hydrogens is 262 g/mol. The second-order valence-electron chi connectivity index (χ2n) is 4.48. The van der Waals surface area contributed by atoms with Gasteiger partial charge in [0.2, 0.25) is 0 Å². The van der Waals surface area contributed by atoms with E-state index in [2.05, 4.69) is 14.5 Å². The number of rotatable bonds is 4. The number of hydrogen-bond donors (Lipinski definition) is 0. The molecule has 0 radical (unpaired) electrons. The van der Waals surface area contributed by atoms with Crippen LogP contribution >= 0.6 is 11.6 Å². The van der Waals surface area contributed by atoms with Crippen LogP contribution in [0.4, 0.5) is 0 Å². The molecule has 4 nitrogen and oxygen atoms in total. The Morgan fingerprint density at radius 2 is 2.16 bits per heavy atom. The molecule has 0 saturated heterocycles. The van der Waals surface area contributed by atoms with Crippen LogP contribution in [0.2, 0.25) is 0 Å². The number of fused-ring (bicyclic) bond motifs is 1. The molecule has 5 heteroatoms. The maximum atomic E-state index is 5.86. The summed E-state index contributed by atoms with van der Waals surface area (Å²) in [5.41, 5.74) is 3.90. The third kappa shape index (κ3) is 2.36. The van der Waals surface area contributed by atoms with Crippen LogP contribution in [0, 0.1) is 6.92 Å². The number of hydrogen-bond acceptors (Lipinski definition) is 3. The molecule has 0 aromatic carbocycles. The van der Waals surface area contributed by atoms with Gasteiger partial charge in [-0.1, -0.05) is 0 Å². The average Bonchev–Trinajstić information content (AvgIpc) is 3.00. The van der Waals surface area contributed by atoms with Crippen molar-refractivity contribution in [3.05, 3.63) is 47.8 Å². The van der Waals surface area contributed by atoms with Gasteiger partial charge in [0.05, 0.1) is 19.1 Å². The fraction of sp³-hybridized carbons (Fsp3) is 0.286. The van der Waals surface area contributed by atoms with E-state index in [4.69, 9.17) is 16.0 Å². The van der Waals surface area contributed by atoms with E-state index in [1.165, 1.54) is 0 Å². The molecule has 0 aliphatic rings. The van der Waals surface area contributed by atoms with Crippen molar-refractivity contribution in [1.82, 2.24) is 14.5 Å². The van der Waals surface area contributed by atoms with Gasteiger partial charge in [-0.2, -0.15) is 0 Å². The monoisotopic (exact) mass is 275 g/mol. The molecule has 0 aliphatic carbocycles. The summed E-state index contributed by atoms with van der Waals surface area (Å²) in [6.45, 7) is 2.69. The summed E-state index contributed by atoms with van der Waals surface area (Å²) in [7, 11) is 0. The molecule has 0 amide bonds. The van der Waals surface area contributed by atoms with Gasteiger partial charge in [0.15, 0.2) is 5.65 Å². The highest BCUT2D eigenvalue weighted by Gasteiger charge is 2.12. The Kier molecular flexibility index (Phi) is 3.25. The minimum absolute atomic E-state index is 0.549. The van der Waals surface area contributed by atoms with Crippen molar-refractivity contribution in [3.8, 4) is 0 Å². The van der Waals surface area contributed by atoms with Crippen molar-refractivity contribution >= 4 is 22.8 Å². The number of halogens is 1. The second-order valence-corrected chi connectivity index (χ2v) is 4.86. The van der Waals surface area contributed by atoms with E-state index >= 15 is 0 Å². The first-order chi connectivity index (χ1) is 9.28. The maximum Gasteiger partial charge on any atom is 0.160 e. The highest BCUT2D eigenvalue weighted by atomic mass is 35.5. The Hall–Kier alpha value is -1.81. The molecule has 0 saturated carbocycles. The summed E-state index contributed by atoms with van der Waals surface area (Å²) in [5, 5.41) is 0. The van der Waals surface area contributed by atoms with Crippen molar-refractivity contribution in [1.29, 1.82) is 0 Å². The second kappa shape index (κ2) is 5.05. The Labute approximate surface area is 116 Å². The number of pyridine rings is 1. The molecule has 98 valence electrons. The van der Waals surface area contributed by atoms with E-state index in [1.54, 1.807) is 12.5 Å². The lowest BCUT2D eigenvalue weighted by atomic mass is 10.3. The predicted molar refractivity (Wildman–Crippen MR) is 74.5 cm³/mol. The Bertz CT molecular complexity index is 688. The van der Waals surface area contributed by atoms with Crippen LogP contribution in [0.15, 0.2) is 35.1 Å². The van der Waals surface area contributed by atoms with E-state index in [1.807, 2.05) is 25.1 Å². The highest BCUT2D eigenvalue weighted by molar-refractivity contribution is 6.17. The van der Waals surface area contributed by atoms with Crippen molar-refractivity contribution in [3.63, 3.8) is 0 Å². The number of aryl methyl sites for hydroxylation is 2. The third-order valence-corrected chi connectivity index (χ3v) is 3.24. The third-order valence-electron chi connectivity index (χ3n) is 3.05. The van der Waals surface area contributed by atoms with Gasteiger partial charge in [0.1, 0.15) is 11.3 Å². The molecule has 0 atom stereocenters. The molecule has 0 spiro atoms. The van der Waals surface area contributed by atoms with Gasteiger partial charge in [-0.3, -0.25) is 0 Å². The van der Waals surface area contributed by atoms with Crippen LogP contribution in [0.3, 0.4) is 0 Å². The topological polar surface area (TPSA) is 43.9 Å². The van der Waals surface area contributed by atoms with E-state index < -0.39 is 0 Å². The summed E-state index contributed by atoms with van der Waals surface area (Å²) < 4.78 is 7.23. The highest BCUT2D eigenvalue weighted by Crippen LogP contribution is 2.18. The van der Waals surface area contributed by atoms with E-state index in [-0.39, 0.29) is 0 Å². The van der Waals surface area contributed by atoms with Crippen molar-refractivity contribution in [2.45, 2.75) is 19.9 Å². The Morgan fingerprint density at radius 1 is 1.26 bits per heavy atom. The zero-order valence-electron chi connectivity index (χ0n) is 10.6. The van der Waals surface area contributed by atoms with Gasteiger partial charge < -0.3 is 8.98 Å². The smallest absolute Gasteiger partial charge is 0.160 e. The first kappa shape index (κ1) is 12.2. The number of aromatic nitrogens is 3. The number of imidazole rings is 1. The SMILES string of the molecule is Cc1ccc2nc(CCCl)n(Cc3ccoc3)c2n1. The molecule has 0 fully saturated rings. The molecule has 0 unspecified atom stereocenters. The van der Waals surface area contributed by atoms with Crippen LogP contribution < -0.4 is 0 Å². The molecule has 3 aromatic rings. The lowest BCUT2D eigenvalue weighted by molar-refractivity contribution is 0.562. The average molecular weight is 276 g/mol. The normalized spacial score (nSPS) is 11.3. The Balaban J connectivity index is 2.12. The van der Waals surface area contributed by atoms with Crippen molar-refractivity contribution < 1.29 is 4.42 Å². The molecule has 19 heavy (non-hydrogen) atoms. The van der Waals surface area contributed by atoms with Crippen LogP contribution in [0.1, 0.15) is 17.1 Å². The van der Waals surface area contributed by atoms with Gasteiger partial charge in [0, 0.05) is 23.6 Å². The first-order valence-corrected chi connectivity index (χ1v) is 6.71. The van der Waals surface area contributed by atoms with Gasteiger partial charge in [0.25, 0.3) is 0 Å². The van der Waals surface area contributed by atoms with Crippen LogP contribution in [-0.2, 0) is 13.0 Å². The summed E-state index contributed by atoms with van der Waals surface area (Å²) in [6.07, 6.45) is 4.15. The standard InChI is InChI=1S/C14H14ClN3O/c1-10-2-3-12-14(16-10)18(13(17-12)4-6-15)8-11-5-7-19-9-11/h2-3,5,7,9H,4,6,8H2,1H3. The van der Waals surface area contributed by atoms with Gasteiger partial charge in [-0.25, -0.2) is 9.97 Å². The van der Waals surface area contributed by atoms with Gasteiger partial charge in [-0.05, 0) is 25.1 Å². The number of furan rings is 1. The number of alkyl halides is 1. The van der Waals surface area contributed by atoms with Crippen molar-refractivity contribution in [2.24, 2.45) is 0 Å². The minimum Gasteiger partial charge on any atom is -0.472 e. The van der Waals surface area contributed by atoms with E-state index in [0.29, 0.717) is 12.4 Å². The molecular formula is C14H14ClN3O. The quantitative estimate of drug-likeness (QED) is 0.687. The zero-order valence-corrected chi connectivity index (χ0v) is 11.4. The molecule has 0 N–H and O–H groups in total. The largest absolute Gasteiger partial charge is 0.472 e. The summed E-state index contributed by atoms with van der Waals surface area (Å²) >= 11 is 5.86. The fourth-order valence-corrected chi connectivity index (χ4v) is 2.32. The zero-order chi connectivity index (χ0) is 13.2. The molecule has 0 aliphatic heterocycles. The lowest BCUT2D eigenvalue weighted by Gasteiger charge is -2.06. The molecule has 3 rings (SSSR count). The van der Waals surface area contributed by atoms with Gasteiger partial charge in [-0.15, -0.1) is 11.6 Å². The number of nitrogens with zero attached hydrogens (tertiary/aromatic N) is 3. The van der Waals surface area contributed by atoms with Crippen LogP contribution in [0.5, 0.6) is 0 Å². The summed E-state index contributed by atoms with van der Waals surface area (Å²) in [4.78, 5) is 9.20. The van der Waals surface area contributed by atoms with Crippen molar-refractivity contribution in [2.75, 3.05) is 5.88 Å². The predicted octanol–water partition coefficient (Wildman–Crippen LogP) is 3.16. The lowest BCUT2D eigenvalue weighted by Crippen LogP contribution is -2.06. The van der Waals surface area contributed by atoms with Crippen LogP contribution in [-0.4, -0.2) is 20.4 Å². The van der Waals surface area contributed by atoms with Crippen LogP contribution in [0.25, 0.3) is 11.2 Å². The summed E-state index contributed by atoms with van der Waals surface area (Å²) in [5.74, 6) is 1.51. The Morgan fingerprint density at radius 3 is 2.89 bits per heavy atom.